The molecule has 0 saturated carbocycles. The minimum atomic E-state index is 0.106. The van der Waals surface area contributed by atoms with Crippen molar-refractivity contribution < 1.29 is 14.3 Å². The average molecular weight is 399 g/mol. The molecule has 3 heterocycles. The van der Waals surface area contributed by atoms with Gasteiger partial charge in [0.1, 0.15) is 0 Å². The van der Waals surface area contributed by atoms with Crippen molar-refractivity contribution in [3.8, 4) is 0 Å². The van der Waals surface area contributed by atoms with Crippen LogP contribution >= 0.6 is 23.1 Å². The summed E-state index contributed by atoms with van der Waals surface area (Å²) in [5.41, 5.74) is 1.12. The smallest absolute Gasteiger partial charge is 0.232 e. The van der Waals surface area contributed by atoms with Crippen molar-refractivity contribution in [3.63, 3.8) is 0 Å². The molecule has 0 aliphatic carbocycles. The van der Waals surface area contributed by atoms with Crippen LogP contribution in [0.2, 0.25) is 0 Å². The van der Waals surface area contributed by atoms with Gasteiger partial charge in [0.15, 0.2) is 0 Å². The van der Waals surface area contributed by atoms with Gasteiger partial charge in [-0.05, 0) is 6.92 Å². The first kappa shape index (κ1) is 19.6. The summed E-state index contributed by atoms with van der Waals surface area (Å²) >= 11 is 3.09. The number of amides is 2. The van der Waals surface area contributed by atoms with Crippen molar-refractivity contribution in [2.45, 2.75) is 13.5 Å². The van der Waals surface area contributed by atoms with E-state index in [1.807, 2.05) is 16.7 Å². The van der Waals surface area contributed by atoms with Gasteiger partial charge in [-0.3, -0.25) is 14.5 Å². The Morgan fingerprint density at radius 3 is 2.27 bits per heavy atom. The number of morpholine rings is 1. The van der Waals surface area contributed by atoms with Crippen LogP contribution in [-0.4, -0.2) is 95.5 Å². The Hall–Kier alpha value is -1.16. The molecule has 9 heteroatoms. The fraction of sp³-hybridized carbons (Fsp3) is 0.706. The number of carbonyl (C=O) groups is 2. The molecule has 0 aromatic carbocycles. The molecule has 0 spiro atoms. The van der Waals surface area contributed by atoms with E-state index in [9.17, 15) is 9.59 Å². The molecule has 2 fully saturated rings. The average Bonchev–Trinajstić information content (AvgIpc) is 3.07. The lowest BCUT2D eigenvalue weighted by Crippen LogP contribution is -2.49. The monoisotopic (exact) mass is 398 g/mol. The fourth-order valence-corrected chi connectivity index (χ4v) is 4.51. The largest absolute Gasteiger partial charge is 0.378 e. The Bertz CT molecular complexity index is 611. The SMILES string of the molecule is Cc1nc(CN2CCN(C(=O)CSCC(=O)N3CCOCC3)CC2)cs1. The predicted octanol–water partition coefficient (Wildman–Crippen LogP) is 0.688. The van der Waals surface area contributed by atoms with Crippen LogP contribution in [0.4, 0.5) is 0 Å². The number of rotatable bonds is 6. The van der Waals surface area contributed by atoms with Crippen LogP contribution in [0.15, 0.2) is 5.38 Å². The minimum absolute atomic E-state index is 0.106. The van der Waals surface area contributed by atoms with Crippen LogP contribution < -0.4 is 0 Å². The molecule has 144 valence electrons. The van der Waals surface area contributed by atoms with Crippen molar-refractivity contribution in [2.75, 3.05) is 64.0 Å². The van der Waals surface area contributed by atoms with Gasteiger partial charge in [-0.2, -0.15) is 0 Å². The first-order valence-electron chi connectivity index (χ1n) is 8.96. The molecule has 0 unspecified atom stereocenters. The van der Waals surface area contributed by atoms with Gasteiger partial charge >= 0.3 is 0 Å². The highest BCUT2D eigenvalue weighted by Gasteiger charge is 2.22. The second kappa shape index (κ2) is 9.68. The van der Waals surface area contributed by atoms with E-state index >= 15 is 0 Å². The zero-order valence-electron chi connectivity index (χ0n) is 15.2. The van der Waals surface area contributed by atoms with E-state index in [2.05, 4.69) is 15.3 Å². The normalized spacial score (nSPS) is 19.0. The Morgan fingerprint density at radius 2 is 1.69 bits per heavy atom. The number of ether oxygens (including phenoxy) is 1. The summed E-state index contributed by atoms with van der Waals surface area (Å²) in [6, 6.07) is 0. The van der Waals surface area contributed by atoms with Gasteiger partial charge in [-0.15, -0.1) is 23.1 Å². The third-order valence-electron chi connectivity index (χ3n) is 4.59. The summed E-state index contributed by atoms with van der Waals surface area (Å²) < 4.78 is 5.25. The van der Waals surface area contributed by atoms with Gasteiger partial charge < -0.3 is 14.5 Å². The van der Waals surface area contributed by atoms with E-state index in [4.69, 9.17) is 4.74 Å². The lowest BCUT2D eigenvalue weighted by molar-refractivity contribution is -0.132. The molecule has 2 aliphatic rings. The van der Waals surface area contributed by atoms with Gasteiger partial charge in [0.2, 0.25) is 11.8 Å². The summed E-state index contributed by atoms with van der Waals surface area (Å²) in [6.45, 7) is 8.67. The van der Waals surface area contributed by atoms with E-state index in [1.165, 1.54) is 11.8 Å². The third-order valence-corrected chi connectivity index (χ3v) is 6.32. The number of piperazine rings is 1. The minimum Gasteiger partial charge on any atom is -0.378 e. The molecule has 2 aliphatic heterocycles. The second-order valence-corrected chi connectivity index (χ2v) is 8.55. The molecule has 1 aromatic heterocycles. The van der Waals surface area contributed by atoms with E-state index in [0.717, 1.165) is 43.4 Å². The highest BCUT2D eigenvalue weighted by atomic mass is 32.2. The zero-order valence-corrected chi connectivity index (χ0v) is 16.8. The number of aryl methyl sites for hydroxylation is 1. The van der Waals surface area contributed by atoms with Gasteiger partial charge in [-0.25, -0.2) is 4.98 Å². The molecule has 0 atom stereocenters. The summed E-state index contributed by atoms with van der Waals surface area (Å²) in [5.74, 6) is 0.986. The van der Waals surface area contributed by atoms with Crippen molar-refractivity contribution >= 4 is 34.9 Å². The number of nitrogens with zero attached hydrogens (tertiary/aromatic N) is 4. The molecular formula is C17H26N4O3S2. The summed E-state index contributed by atoms with van der Waals surface area (Å²) in [7, 11) is 0. The Morgan fingerprint density at radius 1 is 1.08 bits per heavy atom. The maximum atomic E-state index is 12.4. The number of hydrogen-bond acceptors (Lipinski definition) is 7. The van der Waals surface area contributed by atoms with Crippen molar-refractivity contribution in [3.05, 3.63) is 16.1 Å². The fourth-order valence-electron chi connectivity index (χ4n) is 3.09. The zero-order chi connectivity index (χ0) is 18.4. The molecule has 0 N–H and O–H groups in total. The van der Waals surface area contributed by atoms with E-state index in [0.29, 0.717) is 37.8 Å². The molecule has 3 rings (SSSR count). The first-order chi connectivity index (χ1) is 12.6. The van der Waals surface area contributed by atoms with Crippen LogP contribution in [0.3, 0.4) is 0 Å². The van der Waals surface area contributed by atoms with Gasteiger partial charge in [-0.1, -0.05) is 0 Å². The topological polar surface area (TPSA) is 66.0 Å². The van der Waals surface area contributed by atoms with Crippen molar-refractivity contribution in [1.29, 1.82) is 0 Å². The van der Waals surface area contributed by atoms with Crippen molar-refractivity contribution in [1.82, 2.24) is 19.7 Å². The van der Waals surface area contributed by atoms with Gasteiger partial charge in [0.05, 0.1) is 35.4 Å². The predicted molar refractivity (Wildman–Crippen MR) is 103 cm³/mol. The molecule has 2 amide bonds. The molecule has 1 aromatic rings. The standard InChI is InChI=1S/C17H26N4O3S2/c1-14-18-15(11-26-14)10-19-2-4-20(5-3-19)16(22)12-25-13-17(23)21-6-8-24-9-7-21/h11H,2-10,12-13H2,1H3. The number of carbonyl (C=O) groups excluding carboxylic acids is 2. The third kappa shape index (κ3) is 5.67. The Labute approximate surface area is 162 Å². The number of thioether (sulfide) groups is 1. The van der Waals surface area contributed by atoms with Crippen LogP contribution in [-0.2, 0) is 20.9 Å². The molecule has 0 radical (unpaired) electrons. The van der Waals surface area contributed by atoms with E-state index < -0.39 is 0 Å². The lowest BCUT2D eigenvalue weighted by atomic mass is 10.3. The maximum Gasteiger partial charge on any atom is 0.232 e. The summed E-state index contributed by atoms with van der Waals surface area (Å²) in [5, 5.41) is 3.20. The number of aromatic nitrogens is 1. The Balaban J connectivity index is 1.32. The highest BCUT2D eigenvalue weighted by molar-refractivity contribution is 8.00. The summed E-state index contributed by atoms with van der Waals surface area (Å²) in [6.07, 6.45) is 0. The molecule has 7 nitrogen and oxygen atoms in total. The quantitative estimate of drug-likeness (QED) is 0.702. The van der Waals surface area contributed by atoms with Crippen LogP contribution in [0.25, 0.3) is 0 Å². The molecule has 26 heavy (non-hydrogen) atoms. The van der Waals surface area contributed by atoms with E-state index in [-0.39, 0.29) is 11.8 Å². The number of thiazole rings is 1. The number of hydrogen-bond donors (Lipinski definition) is 0. The lowest BCUT2D eigenvalue weighted by Gasteiger charge is -2.34. The highest BCUT2D eigenvalue weighted by Crippen LogP contribution is 2.13. The molecular weight excluding hydrogens is 372 g/mol. The van der Waals surface area contributed by atoms with Crippen LogP contribution in [0.1, 0.15) is 10.7 Å². The second-order valence-electron chi connectivity index (χ2n) is 6.50. The van der Waals surface area contributed by atoms with Gasteiger partial charge in [0, 0.05) is 51.2 Å². The first-order valence-corrected chi connectivity index (χ1v) is 11.0. The maximum absolute atomic E-state index is 12.4. The van der Waals surface area contributed by atoms with Crippen molar-refractivity contribution in [2.24, 2.45) is 0 Å². The summed E-state index contributed by atoms with van der Waals surface area (Å²) in [4.78, 5) is 35.0. The van der Waals surface area contributed by atoms with E-state index in [1.54, 1.807) is 11.3 Å². The van der Waals surface area contributed by atoms with Gasteiger partial charge in [0.25, 0.3) is 0 Å². The van der Waals surface area contributed by atoms with Crippen LogP contribution in [0.5, 0.6) is 0 Å². The Kier molecular flexibility index (Phi) is 7.30. The molecule has 2 saturated heterocycles. The van der Waals surface area contributed by atoms with Crippen LogP contribution in [0, 0.1) is 6.92 Å². The molecule has 0 bridgehead atoms.